The molecular weight excluding hydrogens is 290 g/mol. The molecule has 1 atom stereocenters. The number of rotatable bonds is 7. The number of ketones is 1. The molecule has 4 heteroatoms. The monoisotopic (exact) mass is 313 g/mol. The van der Waals surface area contributed by atoms with E-state index in [9.17, 15) is 9.59 Å². The molecule has 0 spiro atoms. The number of aromatic nitrogens is 1. The van der Waals surface area contributed by atoms with Crippen molar-refractivity contribution < 1.29 is 9.90 Å². The number of aliphatic hydroxyl groups excluding tert-OH is 1. The van der Waals surface area contributed by atoms with Gasteiger partial charge in [-0.15, -0.1) is 0 Å². The van der Waals surface area contributed by atoms with E-state index >= 15 is 0 Å². The number of aliphatic hydroxyl groups is 1. The molecule has 2 aromatic rings. The molecule has 0 aliphatic carbocycles. The second kappa shape index (κ2) is 7.38. The zero-order valence-corrected chi connectivity index (χ0v) is 13.7. The molecule has 0 saturated heterocycles. The number of pyridine rings is 1. The van der Waals surface area contributed by atoms with Crippen LogP contribution in [0.3, 0.4) is 0 Å². The molecule has 0 amide bonds. The summed E-state index contributed by atoms with van der Waals surface area (Å²) in [5.74, 6) is -0.172. The number of hydrogen-bond acceptors (Lipinski definition) is 3. The molecule has 4 nitrogen and oxygen atoms in total. The third kappa shape index (κ3) is 3.96. The summed E-state index contributed by atoms with van der Waals surface area (Å²) in [4.78, 5) is 24.2. The number of benzene rings is 1. The lowest BCUT2D eigenvalue weighted by Gasteiger charge is -2.26. The summed E-state index contributed by atoms with van der Waals surface area (Å²) in [6.07, 6.45) is 2.95. The normalized spacial score (nSPS) is 13.5. The SMILES string of the molecule is CCC(C)(CCn1ccc(-c2ccccc2)cc1=O)C(=O)CO. The van der Waals surface area contributed by atoms with Crippen LogP contribution in [-0.4, -0.2) is 22.1 Å². The fourth-order valence-electron chi connectivity index (χ4n) is 2.57. The molecule has 0 aliphatic rings. The summed E-state index contributed by atoms with van der Waals surface area (Å²) in [5.41, 5.74) is 1.22. The van der Waals surface area contributed by atoms with Gasteiger partial charge in [-0.05, 0) is 30.0 Å². The van der Waals surface area contributed by atoms with Crippen LogP contribution in [-0.2, 0) is 11.3 Å². The quantitative estimate of drug-likeness (QED) is 0.855. The van der Waals surface area contributed by atoms with Crippen molar-refractivity contribution in [1.29, 1.82) is 0 Å². The highest BCUT2D eigenvalue weighted by molar-refractivity contribution is 5.85. The molecule has 1 heterocycles. The molecule has 1 aromatic heterocycles. The molecule has 23 heavy (non-hydrogen) atoms. The fourth-order valence-corrected chi connectivity index (χ4v) is 2.57. The van der Waals surface area contributed by atoms with Crippen LogP contribution in [0.4, 0.5) is 0 Å². The van der Waals surface area contributed by atoms with E-state index in [-0.39, 0.29) is 11.3 Å². The van der Waals surface area contributed by atoms with Crippen LogP contribution in [0.5, 0.6) is 0 Å². The first kappa shape index (κ1) is 17.2. The number of Topliss-reactive ketones (excluding diaryl/α,β-unsaturated/α-hetero) is 1. The molecule has 0 fully saturated rings. The minimum Gasteiger partial charge on any atom is -0.389 e. The predicted octanol–water partition coefficient (Wildman–Crippen LogP) is 2.88. The van der Waals surface area contributed by atoms with Crippen LogP contribution in [0.2, 0.25) is 0 Å². The lowest BCUT2D eigenvalue weighted by atomic mass is 9.80. The summed E-state index contributed by atoms with van der Waals surface area (Å²) >= 11 is 0. The fraction of sp³-hybridized carbons (Fsp3) is 0.368. The average Bonchev–Trinajstić information content (AvgIpc) is 2.60. The highest BCUT2D eigenvalue weighted by Gasteiger charge is 2.29. The van der Waals surface area contributed by atoms with Crippen molar-refractivity contribution in [2.75, 3.05) is 6.61 Å². The van der Waals surface area contributed by atoms with Crippen molar-refractivity contribution in [2.24, 2.45) is 5.41 Å². The van der Waals surface area contributed by atoms with E-state index in [0.29, 0.717) is 19.4 Å². The summed E-state index contributed by atoms with van der Waals surface area (Å²) in [6.45, 7) is 3.78. The Kier molecular flexibility index (Phi) is 5.50. The number of aryl methyl sites for hydroxylation is 1. The minimum atomic E-state index is -0.591. The van der Waals surface area contributed by atoms with Gasteiger partial charge in [-0.2, -0.15) is 0 Å². The van der Waals surface area contributed by atoms with Crippen LogP contribution in [0.25, 0.3) is 11.1 Å². The second-order valence-electron chi connectivity index (χ2n) is 6.06. The molecule has 1 aromatic carbocycles. The van der Waals surface area contributed by atoms with E-state index < -0.39 is 12.0 Å². The van der Waals surface area contributed by atoms with E-state index in [1.807, 2.05) is 50.2 Å². The topological polar surface area (TPSA) is 59.3 Å². The van der Waals surface area contributed by atoms with E-state index in [1.165, 1.54) is 0 Å². The van der Waals surface area contributed by atoms with Crippen molar-refractivity contribution in [2.45, 2.75) is 33.2 Å². The van der Waals surface area contributed by atoms with Gasteiger partial charge in [0.05, 0.1) is 0 Å². The summed E-state index contributed by atoms with van der Waals surface area (Å²) in [6, 6.07) is 13.3. The maximum absolute atomic E-state index is 12.3. The second-order valence-corrected chi connectivity index (χ2v) is 6.06. The molecule has 2 rings (SSSR count). The highest BCUT2D eigenvalue weighted by Crippen LogP contribution is 2.27. The smallest absolute Gasteiger partial charge is 0.251 e. The van der Waals surface area contributed by atoms with E-state index in [4.69, 9.17) is 5.11 Å². The number of nitrogens with zero attached hydrogens (tertiary/aromatic N) is 1. The third-order valence-corrected chi connectivity index (χ3v) is 4.60. The van der Waals surface area contributed by atoms with Crippen molar-refractivity contribution in [3.05, 3.63) is 59.0 Å². The Balaban J connectivity index is 2.16. The van der Waals surface area contributed by atoms with Gasteiger partial charge in [-0.1, -0.05) is 44.2 Å². The first-order valence-electron chi connectivity index (χ1n) is 7.90. The zero-order valence-electron chi connectivity index (χ0n) is 13.7. The first-order chi connectivity index (χ1) is 11.0. The van der Waals surface area contributed by atoms with Crippen LogP contribution in [0.1, 0.15) is 26.7 Å². The Morgan fingerprint density at radius 2 is 1.87 bits per heavy atom. The van der Waals surface area contributed by atoms with Gasteiger partial charge in [0.15, 0.2) is 5.78 Å². The van der Waals surface area contributed by atoms with Crippen LogP contribution in [0, 0.1) is 5.41 Å². The summed E-state index contributed by atoms with van der Waals surface area (Å²) in [7, 11) is 0. The Hall–Kier alpha value is -2.20. The molecule has 1 N–H and O–H groups in total. The standard InChI is InChI=1S/C19H23NO3/c1-3-19(2,17(22)14-21)10-12-20-11-9-16(13-18(20)23)15-7-5-4-6-8-15/h4-9,11,13,21H,3,10,12,14H2,1-2H3. The predicted molar refractivity (Wildman–Crippen MR) is 91.2 cm³/mol. The lowest BCUT2D eigenvalue weighted by molar-refractivity contribution is -0.131. The molecule has 0 aliphatic heterocycles. The maximum Gasteiger partial charge on any atom is 0.251 e. The average molecular weight is 313 g/mol. The van der Waals surface area contributed by atoms with E-state index in [1.54, 1.807) is 16.8 Å². The Bertz CT molecular complexity index is 721. The van der Waals surface area contributed by atoms with Crippen LogP contribution >= 0.6 is 0 Å². The van der Waals surface area contributed by atoms with E-state index in [0.717, 1.165) is 11.1 Å². The van der Waals surface area contributed by atoms with Crippen molar-refractivity contribution in [3.63, 3.8) is 0 Å². The van der Waals surface area contributed by atoms with Gasteiger partial charge in [0.2, 0.25) is 0 Å². The van der Waals surface area contributed by atoms with Gasteiger partial charge in [0, 0.05) is 24.2 Å². The van der Waals surface area contributed by atoms with Gasteiger partial charge < -0.3 is 9.67 Å². The minimum absolute atomic E-state index is 0.0822. The lowest BCUT2D eigenvalue weighted by Crippen LogP contribution is -2.32. The number of carbonyl (C=O) groups excluding carboxylic acids is 1. The Labute approximate surface area is 136 Å². The van der Waals surface area contributed by atoms with Crippen molar-refractivity contribution in [3.8, 4) is 11.1 Å². The first-order valence-corrected chi connectivity index (χ1v) is 7.90. The highest BCUT2D eigenvalue weighted by atomic mass is 16.3. The van der Waals surface area contributed by atoms with Gasteiger partial charge in [0.1, 0.15) is 6.61 Å². The summed E-state index contributed by atoms with van der Waals surface area (Å²) in [5, 5.41) is 9.10. The molecular formula is C19H23NO3. The molecule has 0 saturated carbocycles. The molecule has 0 bridgehead atoms. The maximum atomic E-state index is 12.3. The third-order valence-electron chi connectivity index (χ3n) is 4.60. The van der Waals surface area contributed by atoms with Crippen LogP contribution in [0.15, 0.2) is 53.5 Å². The molecule has 1 unspecified atom stereocenters. The van der Waals surface area contributed by atoms with Crippen molar-refractivity contribution in [1.82, 2.24) is 4.57 Å². The van der Waals surface area contributed by atoms with Crippen LogP contribution < -0.4 is 5.56 Å². The van der Waals surface area contributed by atoms with Crippen molar-refractivity contribution >= 4 is 5.78 Å². The van der Waals surface area contributed by atoms with Gasteiger partial charge in [0.25, 0.3) is 5.56 Å². The number of carbonyl (C=O) groups is 1. The number of hydrogen-bond donors (Lipinski definition) is 1. The Morgan fingerprint density at radius 1 is 1.17 bits per heavy atom. The van der Waals surface area contributed by atoms with Gasteiger partial charge >= 0.3 is 0 Å². The zero-order chi connectivity index (χ0) is 16.9. The largest absolute Gasteiger partial charge is 0.389 e. The molecule has 122 valence electrons. The van der Waals surface area contributed by atoms with E-state index in [2.05, 4.69) is 0 Å². The Morgan fingerprint density at radius 3 is 2.43 bits per heavy atom. The van der Waals surface area contributed by atoms with Gasteiger partial charge in [-0.25, -0.2) is 0 Å². The molecule has 0 radical (unpaired) electrons. The van der Waals surface area contributed by atoms with Gasteiger partial charge in [-0.3, -0.25) is 9.59 Å². The summed E-state index contributed by atoms with van der Waals surface area (Å²) < 4.78 is 1.62.